The van der Waals surface area contributed by atoms with Crippen LogP contribution in [0.5, 0.6) is 6.01 Å². The van der Waals surface area contributed by atoms with Gasteiger partial charge in [-0.3, -0.25) is 19.6 Å². The molecule has 2 fully saturated rings. The van der Waals surface area contributed by atoms with Crippen LogP contribution in [0.25, 0.3) is 0 Å². The molecule has 200 valence electrons. The Bertz CT molecular complexity index is 905. The first-order valence-corrected chi connectivity index (χ1v) is 12.9. The summed E-state index contributed by atoms with van der Waals surface area (Å²) in [5.41, 5.74) is 0.0417. The first-order valence-electron chi connectivity index (χ1n) is 12.9. The zero-order chi connectivity index (χ0) is 26.1. The van der Waals surface area contributed by atoms with Gasteiger partial charge in [0.1, 0.15) is 5.69 Å². The number of carbonyl (C=O) groups is 3. The number of hydrogen-bond acceptors (Lipinski definition) is 7. The van der Waals surface area contributed by atoms with Crippen LogP contribution >= 0.6 is 0 Å². The van der Waals surface area contributed by atoms with Crippen molar-refractivity contribution in [3.63, 3.8) is 0 Å². The van der Waals surface area contributed by atoms with Crippen molar-refractivity contribution in [1.29, 1.82) is 0 Å². The molecule has 1 saturated heterocycles. The lowest BCUT2D eigenvalue weighted by Crippen LogP contribution is -2.38. The molecule has 1 saturated carbocycles. The van der Waals surface area contributed by atoms with E-state index in [2.05, 4.69) is 15.3 Å². The number of halogens is 1. The molecule has 2 atom stereocenters. The monoisotopic (exact) mass is 507 g/mol. The normalized spacial score (nSPS) is 17.6. The van der Waals surface area contributed by atoms with Gasteiger partial charge < -0.3 is 15.0 Å². The van der Waals surface area contributed by atoms with E-state index in [1.54, 1.807) is 0 Å². The van der Waals surface area contributed by atoms with Crippen molar-refractivity contribution in [2.75, 3.05) is 26.7 Å². The maximum absolute atomic E-state index is 15.4. The van der Waals surface area contributed by atoms with Gasteiger partial charge in [0.15, 0.2) is 5.82 Å². The Kier molecular flexibility index (Phi) is 10.4. The van der Waals surface area contributed by atoms with E-state index in [-0.39, 0.29) is 49.2 Å². The van der Waals surface area contributed by atoms with E-state index >= 15 is 4.39 Å². The molecule has 10 nitrogen and oxygen atoms in total. The fraction of sp³-hybridized carbons (Fsp3) is 0.720. The quantitative estimate of drug-likeness (QED) is 0.239. The number of nitrogens with one attached hydrogen (secondary N) is 1. The number of likely N-dealkylation sites (tertiary alicyclic amines) is 1. The van der Waals surface area contributed by atoms with Crippen LogP contribution < -0.4 is 10.1 Å². The minimum absolute atomic E-state index is 0.000298. The highest BCUT2D eigenvalue weighted by molar-refractivity contribution is 5.79. The summed E-state index contributed by atoms with van der Waals surface area (Å²) in [4.78, 5) is 46.8. The predicted molar refractivity (Wildman–Crippen MR) is 128 cm³/mol. The zero-order valence-corrected chi connectivity index (χ0v) is 21.2. The van der Waals surface area contributed by atoms with Gasteiger partial charge in [-0.2, -0.15) is 9.97 Å². The van der Waals surface area contributed by atoms with Crippen LogP contribution in [0.2, 0.25) is 0 Å². The fourth-order valence-electron chi connectivity index (χ4n) is 5.20. The van der Waals surface area contributed by atoms with Crippen LogP contribution in [0.3, 0.4) is 0 Å². The number of rotatable bonds is 13. The van der Waals surface area contributed by atoms with Gasteiger partial charge in [0.05, 0.1) is 31.8 Å². The molecule has 1 aliphatic heterocycles. The second-order valence-corrected chi connectivity index (χ2v) is 9.79. The van der Waals surface area contributed by atoms with Crippen LogP contribution in [-0.2, 0) is 27.3 Å². The molecule has 0 unspecified atom stereocenters. The second kappa shape index (κ2) is 13.5. The summed E-state index contributed by atoms with van der Waals surface area (Å²) in [7, 11) is 1.37. The Hall–Kier alpha value is -2.82. The van der Waals surface area contributed by atoms with Crippen molar-refractivity contribution >= 4 is 18.2 Å². The van der Waals surface area contributed by atoms with Gasteiger partial charge in [-0.1, -0.05) is 32.6 Å². The number of hydroxylamine groups is 2. The maximum atomic E-state index is 15.4. The number of ether oxygens (including phenoxy) is 1. The summed E-state index contributed by atoms with van der Waals surface area (Å²) in [5, 5.41) is 12.8. The van der Waals surface area contributed by atoms with Crippen LogP contribution in [0.1, 0.15) is 69.7 Å². The molecular formula is C25H38FN5O5. The van der Waals surface area contributed by atoms with Crippen LogP contribution in [-0.4, -0.2) is 70.1 Å². The first-order chi connectivity index (χ1) is 17.4. The van der Waals surface area contributed by atoms with E-state index in [9.17, 15) is 19.6 Å². The van der Waals surface area contributed by atoms with E-state index in [1.165, 1.54) is 7.11 Å². The molecule has 3 amide bonds. The van der Waals surface area contributed by atoms with E-state index in [4.69, 9.17) is 4.74 Å². The van der Waals surface area contributed by atoms with E-state index in [0.717, 1.165) is 51.6 Å². The van der Waals surface area contributed by atoms with Gasteiger partial charge >= 0.3 is 6.01 Å². The van der Waals surface area contributed by atoms with Crippen molar-refractivity contribution in [2.24, 2.45) is 17.8 Å². The number of nitrogens with zero attached hydrogens (tertiary/aromatic N) is 4. The molecule has 2 aliphatic rings. The molecule has 0 bridgehead atoms. The molecule has 3 rings (SSSR count). The van der Waals surface area contributed by atoms with Crippen LogP contribution in [0.4, 0.5) is 4.39 Å². The Labute approximate surface area is 211 Å². The second-order valence-electron chi connectivity index (χ2n) is 9.79. The van der Waals surface area contributed by atoms with Gasteiger partial charge in [-0.15, -0.1) is 0 Å². The highest BCUT2D eigenvalue weighted by Crippen LogP contribution is 2.31. The third-order valence-electron chi connectivity index (χ3n) is 7.27. The lowest BCUT2D eigenvalue weighted by Gasteiger charge is -2.23. The summed E-state index contributed by atoms with van der Waals surface area (Å²) in [6.07, 6.45) is 7.63. The van der Waals surface area contributed by atoms with Crippen molar-refractivity contribution in [3.05, 3.63) is 17.2 Å². The smallest absolute Gasteiger partial charge is 0.316 e. The van der Waals surface area contributed by atoms with Crippen molar-refractivity contribution in [1.82, 2.24) is 25.2 Å². The molecule has 1 aromatic heterocycles. The average Bonchev–Trinajstić information content (AvgIpc) is 3.61. The summed E-state index contributed by atoms with van der Waals surface area (Å²) in [6.45, 7) is 2.99. The van der Waals surface area contributed by atoms with Gasteiger partial charge in [0.25, 0.3) is 0 Å². The third-order valence-corrected chi connectivity index (χ3v) is 7.27. The van der Waals surface area contributed by atoms with Crippen molar-refractivity contribution < 1.29 is 28.7 Å². The van der Waals surface area contributed by atoms with Gasteiger partial charge in [-0.25, -0.2) is 9.45 Å². The lowest BCUT2D eigenvalue weighted by atomic mass is 9.92. The molecule has 36 heavy (non-hydrogen) atoms. The Balaban J connectivity index is 1.71. The Morgan fingerprint density at radius 1 is 1.19 bits per heavy atom. The van der Waals surface area contributed by atoms with E-state index < -0.39 is 23.6 Å². The van der Waals surface area contributed by atoms with Crippen LogP contribution in [0, 0.1) is 23.6 Å². The molecule has 0 spiro atoms. The summed E-state index contributed by atoms with van der Waals surface area (Å²) < 4.78 is 20.6. The SMILES string of the molecule is CC[C@H](Cc1nc(OC)nc(CNC(=O)[C@H](CC2CCCC2)CN(O)C=O)c1F)C(=O)N1CCCC1. The minimum atomic E-state index is -0.673. The largest absolute Gasteiger partial charge is 0.467 e. The summed E-state index contributed by atoms with van der Waals surface area (Å²) in [5.74, 6) is -1.75. The molecule has 11 heteroatoms. The van der Waals surface area contributed by atoms with Gasteiger partial charge in [0, 0.05) is 25.4 Å². The highest BCUT2D eigenvalue weighted by Gasteiger charge is 2.29. The predicted octanol–water partition coefficient (Wildman–Crippen LogP) is 2.48. The van der Waals surface area contributed by atoms with Crippen LogP contribution in [0.15, 0.2) is 0 Å². The minimum Gasteiger partial charge on any atom is -0.467 e. The summed E-state index contributed by atoms with van der Waals surface area (Å²) in [6, 6.07) is -0.0379. The zero-order valence-electron chi connectivity index (χ0n) is 21.2. The van der Waals surface area contributed by atoms with Crippen molar-refractivity contribution in [3.8, 4) is 6.01 Å². The molecule has 0 aromatic carbocycles. The Morgan fingerprint density at radius 3 is 2.47 bits per heavy atom. The molecular weight excluding hydrogens is 469 g/mol. The number of amides is 3. The van der Waals surface area contributed by atoms with E-state index in [1.807, 2.05) is 11.8 Å². The maximum Gasteiger partial charge on any atom is 0.316 e. The topological polar surface area (TPSA) is 125 Å². The number of carbonyl (C=O) groups excluding carboxylic acids is 3. The van der Waals surface area contributed by atoms with E-state index in [0.29, 0.717) is 23.8 Å². The average molecular weight is 508 g/mol. The Morgan fingerprint density at radius 2 is 1.86 bits per heavy atom. The molecule has 0 radical (unpaired) electrons. The van der Waals surface area contributed by atoms with Crippen molar-refractivity contribution in [2.45, 2.75) is 71.3 Å². The third kappa shape index (κ3) is 7.35. The molecule has 2 N–H and O–H groups in total. The fourth-order valence-corrected chi connectivity index (χ4v) is 5.20. The molecule has 1 aliphatic carbocycles. The molecule has 1 aromatic rings. The van der Waals surface area contributed by atoms with Gasteiger partial charge in [0.2, 0.25) is 18.2 Å². The lowest BCUT2D eigenvalue weighted by molar-refractivity contribution is -0.155. The summed E-state index contributed by atoms with van der Waals surface area (Å²) >= 11 is 0. The number of aromatic nitrogens is 2. The molecule has 2 heterocycles. The number of hydrogen-bond donors (Lipinski definition) is 2. The first kappa shape index (κ1) is 27.8. The standard InChI is InChI=1S/C25H38FN5O5/c1-3-18(24(34)30-10-6-7-11-30)13-20-22(26)21(29-25(28-20)36-2)14-27-23(33)19(15-31(35)16-32)12-17-8-4-5-9-17/h16-19,35H,3-15H2,1-2H3,(H,27,33)/t18-,19-/m1/s1. The van der Waals surface area contributed by atoms with Gasteiger partial charge in [-0.05, 0) is 31.6 Å². The number of methoxy groups -OCH3 is 1. The highest BCUT2D eigenvalue weighted by atomic mass is 19.1.